The fourth-order valence-electron chi connectivity index (χ4n) is 2.28. The highest BCUT2D eigenvalue weighted by atomic mass is 79.9. The Balaban J connectivity index is 2.19. The molecule has 0 bridgehead atoms. The average molecular weight is 278 g/mol. The lowest BCUT2D eigenvalue weighted by Crippen LogP contribution is -2.06. The molecule has 1 aromatic heterocycles. The van der Waals surface area contributed by atoms with Gasteiger partial charge in [-0.2, -0.15) is 5.10 Å². The molecule has 82 valence electrons. The SMILES string of the molecule is NC1CCc2[nH]nc(-c3ccccc3Br)c21. The molecule has 1 aliphatic carbocycles. The van der Waals surface area contributed by atoms with Crippen LogP contribution in [0.5, 0.6) is 0 Å². The molecule has 1 heterocycles. The summed E-state index contributed by atoms with van der Waals surface area (Å²) in [5.41, 5.74) is 10.6. The van der Waals surface area contributed by atoms with Crippen LogP contribution in [0, 0.1) is 0 Å². The number of nitrogens with one attached hydrogen (secondary N) is 1. The van der Waals surface area contributed by atoms with Crippen LogP contribution in [0.15, 0.2) is 28.7 Å². The first kappa shape index (κ1) is 10.1. The van der Waals surface area contributed by atoms with Gasteiger partial charge in [0.1, 0.15) is 0 Å². The van der Waals surface area contributed by atoms with Crippen LogP contribution in [0.2, 0.25) is 0 Å². The number of hydrogen-bond acceptors (Lipinski definition) is 2. The first-order chi connectivity index (χ1) is 7.77. The Morgan fingerprint density at radius 2 is 2.19 bits per heavy atom. The number of aryl methyl sites for hydroxylation is 1. The van der Waals surface area contributed by atoms with Crippen LogP contribution >= 0.6 is 15.9 Å². The molecule has 3 N–H and O–H groups in total. The molecule has 1 aliphatic rings. The summed E-state index contributed by atoms with van der Waals surface area (Å²) in [6, 6.07) is 8.22. The van der Waals surface area contributed by atoms with Gasteiger partial charge < -0.3 is 5.73 Å². The van der Waals surface area contributed by atoms with Gasteiger partial charge in [0.05, 0.1) is 5.69 Å². The predicted octanol–water partition coefficient (Wildman–Crippen LogP) is 2.79. The number of aromatic amines is 1. The Labute approximate surface area is 102 Å². The van der Waals surface area contributed by atoms with Gasteiger partial charge in [-0.3, -0.25) is 5.10 Å². The van der Waals surface area contributed by atoms with Gasteiger partial charge in [0.2, 0.25) is 0 Å². The van der Waals surface area contributed by atoms with E-state index < -0.39 is 0 Å². The first-order valence-corrected chi connectivity index (χ1v) is 6.14. The van der Waals surface area contributed by atoms with Gasteiger partial charge >= 0.3 is 0 Å². The topological polar surface area (TPSA) is 54.7 Å². The number of nitrogens with two attached hydrogens (primary N) is 1. The molecule has 3 rings (SSSR count). The van der Waals surface area contributed by atoms with Gasteiger partial charge in [-0.25, -0.2) is 0 Å². The fourth-order valence-corrected chi connectivity index (χ4v) is 2.75. The summed E-state index contributed by atoms with van der Waals surface area (Å²) < 4.78 is 1.06. The van der Waals surface area contributed by atoms with Crippen molar-refractivity contribution in [2.75, 3.05) is 0 Å². The van der Waals surface area contributed by atoms with E-state index in [2.05, 4.69) is 32.2 Å². The van der Waals surface area contributed by atoms with Crippen molar-refractivity contribution in [1.29, 1.82) is 0 Å². The maximum Gasteiger partial charge on any atom is 0.0982 e. The number of rotatable bonds is 1. The molecular weight excluding hydrogens is 266 g/mol. The molecule has 0 aliphatic heterocycles. The first-order valence-electron chi connectivity index (χ1n) is 5.35. The molecule has 4 heteroatoms. The lowest BCUT2D eigenvalue weighted by molar-refractivity contribution is 0.705. The summed E-state index contributed by atoms with van der Waals surface area (Å²) >= 11 is 3.55. The highest BCUT2D eigenvalue weighted by Gasteiger charge is 2.26. The number of nitrogens with zero attached hydrogens (tertiary/aromatic N) is 1. The predicted molar refractivity (Wildman–Crippen MR) is 67.0 cm³/mol. The molecule has 0 radical (unpaired) electrons. The number of H-pyrrole nitrogens is 1. The fraction of sp³-hybridized carbons (Fsp3) is 0.250. The summed E-state index contributed by atoms with van der Waals surface area (Å²) in [6.45, 7) is 0. The Kier molecular flexibility index (Phi) is 2.33. The second kappa shape index (κ2) is 3.71. The highest BCUT2D eigenvalue weighted by Crippen LogP contribution is 2.37. The van der Waals surface area contributed by atoms with E-state index in [-0.39, 0.29) is 6.04 Å². The quantitative estimate of drug-likeness (QED) is 0.842. The van der Waals surface area contributed by atoms with Crippen molar-refractivity contribution in [3.05, 3.63) is 40.0 Å². The molecule has 2 aromatic rings. The minimum absolute atomic E-state index is 0.121. The maximum atomic E-state index is 6.10. The molecule has 0 saturated heterocycles. The summed E-state index contributed by atoms with van der Waals surface area (Å²) in [5.74, 6) is 0. The maximum absolute atomic E-state index is 6.10. The van der Waals surface area contributed by atoms with Crippen molar-refractivity contribution in [1.82, 2.24) is 10.2 Å². The standard InChI is InChI=1S/C12H12BrN3/c13-8-4-2-1-3-7(8)12-11-9(14)5-6-10(11)15-16-12/h1-4,9H,5-6,14H2,(H,15,16). The van der Waals surface area contributed by atoms with Gasteiger partial charge in [0.15, 0.2) is 0 Å². The normalized spacial score (nSPS) is 18.8. The van der Waals surface area contributed by atoms with Crippen LogP contribution in [0.25, 0.3) is 11.3 Å². The number of fused-ring (bicyclic) bond motifs is 1. The number of benzene rings is 1. The Morgan fingerprint density at radius 1 is 1.38 bits per heavy atom. The molecule has 3 nitrogen and oxygen atoms in total. The molecular formula is C12H12BrN3. The minimum atomic E-state index is 0.121. The monoisotopic (exact) mass is 277 g/mol. The zero-order valence-corrected chi connectivity index (χ0v) is 10.3. The number of halogens is 1. The molecule has 0 fully saturated rings. The lowest BCUT2D eigenvalue weighted by atomic mass is 10.0. The van der Waals surface area contributed by atoms with Crippen LogP contribution in [-0.2, 0) is 6.42 Å². The molecule has 0 spiro atoms. The van der Waals surface area contributed by atoms with Crippen molar-refractivity contribution in [3.8, 4) is 11.3 Å². The third-order valence-corrected chi connectivity index (χ3v) is 3.78. The summed E-state index contributed by atoms with van der Waals surface area (Å²) in [7, 11) is 0. The summed E-state index contributed by atoms with van der Waals surface area (Å²) in [4.78, 5) is 0. The second-order valence-corrected chi connectivity index (χ2v) is 4.94. The Hall–Kier alpha value is -1.13. The van der Waals surface area contributed by atoms with E-state index in [0.717, 1.165) is 28.6 Å². The van der Waals surface area contributed by atoms with E-state index in [9.17, 15) is 0 Å². The van der Waals surface area contributed by atoms with Crippen molar-refractivity contribution >= 4 is 15.9 Å². The van der Waals surface area contributed by atoms with Crippen LogP contribution < -0.4 is 5.73 Å². The van der Waals surface area contributed by atoms with E-state index in [0.29, 0.717) is 0 Å². The molecule has 0 saturated carbocycles. The van der Waals surface area contributed by atoms with E-state index >= 15 is 0 Å². The van der Waals surface area contributed by atoms with Gasteiger partial charge in [0, 0.05) is 27.3 Å². The summed E-state index contributed by atoms with van der Waals surface area (Å²) in [5, 5.41) is 7.48. The minimum Gasteiger partial charge on any atom is -0.324 e. The molecule has 1 unspecified atom stereocenters. The van der Waals surface area contributed by atoms with E-state index in [1.54, 1.807) is 0 Å². The van der Waals surface area contributed by atoms with Gasteiger partial charge in [-0.05, 0) is 18.9 Å². The Morgan fingerprint density at radius 3 is 3.00 bits per heavy atom. The Bertz CT molecular complexity index is 533. The van der Waals surface area contributed by atoms with E-state index in [1.165, 1.54) is 11.3 Å². The third kappa shape index (κ3) is 1.41. The van der Waals surface area contributed by atoms with Crippen LogP contribution in [0.4, 0.5) is 0 Å². The second-order valence-electron chi connectivity index (χ2n) is 4.09. The van der Waals surface area contributed by atoms with Gasteiger partial charge in [-0.15, -0.1) is 0 Å². The largest absolute Gasteiger partial charge is 0.324 e. The van der Waals surface area contributed by atoms with E-state index in [4.69, 9.17) is 5.73 Å². The van der Waals surface area contributed by atoms with Crippen LogP contribution in [0.1, 0.15) is 23.7 Å². The summed E-state index contributed by atoms with van der Waals surface area (Å²) in [6.07, 6.45) is 2.02. The molecule has 0 amide bonds. The lowest BCUT2D eigenvalue weighted by Gasteiger charge is -2.06. The van der Waals surface area contributed by atoms with Crippen molar-refractivity contribution in [2.45, 2.75) is 18.9 Å². The van der Waals surface area contributed by atoms with Gasteiger partial charge in [-0.1, -0.05) is 34.1 Å². The zero-order chi connectivity index (χ0) is 11.1. The van der Waals surface area contributed by atoms with Crippen LogP contribution in [-0.4, -0.2) is 10.2 Å². The van der Waals surface area contributed by atoms with Crippen molar-refractivity contribution in [2.24, 2.45) is 5.73 Å². The van der Waals surface area contributed by atoms with Gasteiger partial charge in [0.25, 0.3) is 0 Å². The van der Waals surface area contributed by atoms with Crippen molar-refractivity contribution in [3.63, 3.8) is 0 Å². The van der Waals surface area contributed by atoms with Crippen molar-refractivity contribution < 1.29 is 0 Å². The zero-order valence-electron chi connectivity index (χ0n) is 8.70. The highest BCUT2D eigenvalue weighted by molar-refractivity contribution is 9.10. The smallest absolute Gasteiger partial charge is 0.0982 e. The third-order valence-electron chi connectivity index (χ3n) is 3.09. The molecule has 1 aromatic carbocycles. The van der Waals surface area contributed by atoms with E-state index in [1.807, 2.05) is 18.2 Å². The van der Waals surface area contributed by atoms with Crippen LogP contribution in [0.3, 0.4) is 0 Å². The number of aromatic nitrogens is 2. The molecule has 1 atom stereocenters. The number of hydrogen-bond donors (Lipinski definition) is 2. The molecule has 16 heavy (non-hydrogen) atoms. The average Bonchev–Trinajstić information content (AvgIpc) is 2.83.